The van der Waals surface area contributed by atoms with Crippen molar-refractivity contribution >= 4 is 17.4 Å². The summed E-state index contributed by atoms with van der Waals surface area (Å²) >= 11 is 6.08. The summed E-state index contributed by atoms with van der Waals surface area (Å²) < 4.78 is 1.98. The minimum Gasteiger partial charge on any atom is -0.369 e. The summed E-state index contributed by atoms with van der Waals surface area (Å²) in [5.74, 6) is 1.12. The number of aromatic nitrogens is 2. The molecule has 1 aromatic heterocycles. The number of anilines is 1. The molecule has 2 heterocycles. The molecule has 1 N–H and O–H groups in total. The van der Waals surface area contributed by atoms with Gasteiger partial charge in [-0.3, -0.25) is 0 Å². The fraction of sp³-hybridized carbons (Fsp3) is 0.400. The molecule has 0 aliphatic carbocycles. The van der Waals surface area contributed by atoms with E-state index in [-0.39, 0.29) is 5.41 Å². The zero-order valence-corrected chi connectivity index (χ0v) is 12.3. The Labute approximate surface area is 118 Å². The molecule has 0 amide bonds. The number of hydrogen-bond donors (Lipinski definition) is 1. The standard InChI is InChI=1S/C15H18ClN3/c1-15(2,3)13-12-7-8-17-14(12)19(18-13)11-6-4-5-10(16)9-11/h4-6,9,17H,7-8H2,1-3H3. The molecule has 19 heavy (non-hydrogen) atoms. The molecule has 1 aliphatic rings. The lowest BCUT2D eigenvalue weighted by Gasteiger charge is -2.16. The van der Waals surface area contributed by atoms with Crippen LogP contribution in [0.4, 0.5) is 5.82 Å². The quantitative estimate of drug-likeness (QED) is 0.858. The molecule has 0 spiro atoms. The Hall–Kier alpha value is -1.48. The fourth-order valence-corrected chi connectivity index (χ4v) is 2.76. The number of nitrogens with one attached hydrogen (secondary N) is 1. The van der Waals surface area contributed by atoms with Crippen molar-refractivity contribution in [2.45, 2.75) is 32.6 Å². The summed E-state index contributed by atoms with van der Waals surface area (Å²) in [6, 6.07) is 7.82. The molecular weight excluding hydrogens is 258 g/mol. The molecule has 0 atom stereocenters. The zero-order chi connectivity index (χ0) is 13.6. The van der Waals surface area contributed by atoms with E-state index < -0.39 is 0 Å². The van der Waals surface area contributed by atoms with Crippen molar-refractivity contribution in [1.82, 2.24) is 9.78 Å². The number of rotatable bonds is 1. The van der Waals surface area contributed by atoms with E-state index in [2.05, 4.69) is 26.1 Å². The van der Waals surface area contributed by atoms with Crippen molar-refractivity contribution in [3.05, 3.63) is 40.5 Å². The Morgan fingerprint density at radius 3 is 2.79 bits per heavy atom. The third-order valence-electron chi connectivity index (χ3n) is 3.41. The summed E-state index contributed by atoms with van der Waals surface area (Å²) in [5, 5.41) is 8.98. The lowest BCUT2D eigenvalue weighted by Crippen LogP contribution is -2.15. The monoisotopic (exact) mass is 275 g/mol. The first-order valence-electron chi connectivity index (χ1n) is 6.59. The predicted octanol–water partition coefficient (Wildman–Crippen LogP) is 3.79. The Bertz CT molecular complexity index is 623. The molecular formula is C15H18ClN3. The zero-order valence-electron chi connectivity index (χ0n) is 11.5. The van der Waals surface area contributed by atoms with Crippen LogP contribution in [0.25, 0.3) is 5.69 Å². The third-order valence-corrected chi connectivity index (χ3v) is 3.65. The predicted molar refractivity (Wildman–Crippen MR) is 79.5 cm³/mol. The highest BCUT2D eigenvalue weighted by atomic mass is 35.5. The topological polar surface area (TPSA) is 29.9 Å². The summed E-state index contributed by atoms with van der Waals surface area (Å²) in [6.45, 7) is 7.60. The molecule has 0 saturated heterocycles. The van der Waals surface area contributed by atoms with E-state index in [0.717, 1.165) is 29.5 Å². The van der Waals surface area contributed by atoms with E-state index in [4.69, 9.17) is 16.7 Å². The van der Waals surface area contributed by atoms with E-state index in [0.29, 0.717) is 0 Å². The first kappa shape index (κ1) is 12.5. The molecule has 0 saturated carbocycles. The summed E-state index contributed by atoms with van der Waals surface area (Å²) in [6.07, 6.45) is 1.04. The van der Waals surface area contributed by atoms with Crippen molar-refractivity contribution < 1.29 is 0 Å². The highest BCUT2D eigenvalue weighted by Gasteiger charge is 2.29. The lowest BCUT2D eigenvalue weighted by atomic mass is 9.89. The van der Waals surface area contributed by atoms with Gasteiger partial charge in [-0.15, -0.1) is 0 Å². The number of halogens is 1. The molecule has 0 radical (unpaired) electrons. The number of nitrogens with zero attached hydrogens (tertiary/aromatic N) is 2. The summed E-state index contributed by atoms with van der Waals surface area (Å²) in [7, 11) is 0. The maximum absolute atomic E-state index is 6.08. The van der Waals surface area contributed by atoms with Crippen molar-refractivity contribution in [2.75, 3.05) is 11.9 Å². The molecule has 0 unspecified atom stereocenters. The Morgan fingerprint density at radius 2 is 2.11 bits per heavy atom. The van der Waals surface area contributed by atoms with Gasteiger partial charge in [0.15, 0.2) is 0 Å². The minimum atomic E-state index is 0.0555. The van der Waals surface area contributed by atoms with E-state index in [1.54, 1.807) is 0 Å². The average Bonchev–Trinajstić information content (AvgIpc) is 2.87. The molecule has 1 aliphatic heterocycles. The van der Waals surface area contributed by atoms with Gasteiger partial charge in [0.25, 0.3) is 0 Å². The van der Waals surface area contributed by atoms with Crippen LogP contribution in [0.5, 0.6) is 0 Å². The van der Waals surface area contributed by atoms with Crippen molar-refractivity contribution in [3.63, 3.8) is 0 Å². The van der Waals surface area contributed by atoms with Gasteiger partial charge in [0.1, 0.15) is 5.82 Å². The van der Waals surface area contributed by atoms with Crippen LogP contribution in [0.3, 0.4) is 0 Å². The molecule has 2 aromatic rings. The lowest BCUT2D eigenvalue weighted by molar-refractivity contribution is 0.554. The van der Waals surface area contributed by atoms with Crippen LogP contribution < -0.4 is 5.32 Å². The van der Waals surface area contributed by atoms with Crippen LogP contribution in [-0.2, 0) is 11.8 Å². The Kier molecular flexibility index (Phi) is 2.82. The average molecular weight is 276 g/mol. The van der Waals surface area contributed by atoms with Crippen molar-refractivity contribution in [1.29, 1.82) is 0 Å². The van der Waals surface area contributed by atoms with Crippen LogP contribution in [0.1, 0.15) is 32.0 Å². The van der Waals surface area contributed by atoms with E-state index in [1.807, 2.05) is 28.9 Å². The van der Waals surface area contributed by atoms with Crippen LogP contribution in [0.2, 0.25) is 5.02 Å². The Balaban J connectivity index is 2.18. The van der Waals surface area contributed by atoms with Gasteiger partial charge in [0.05, 0.1) is 11.4 Å². The van der Waals surface area contributed by atoms with Crippen LogP contribution >= 0.6 is 11.6 Å². The van der Waals surface area contributed by atoms with Gasteiger partial charge < -0.3 is 5.32 Å². The van der Waals surface area contributed by atoms with E-state index in [1.165, 1.54) is 11.3 Å². The molecule has 100 valence electrons. The van der Waals surface area contributed by atoms with E-state index in [9.17, 15) is 0 Å². The third kappa shape index (κ3) is 2.12. The van der Waals surface area contributed by atoms with Crippen LogP contribution in [-0.4, -0.2) is 16.3 Å². The number of hydrogen-bond acceptors (Lipinski definition) is 2. The van der Waals surface area contributed by atoms with Gasteiger partial charge in [-0.1, -0.05) is 38.4 Å². The van der Waals surface area contributed by atoms with Crippen molar-refractivity contribution in [3.8, 4) is 5.69 Å². The molecule has 3 nitrogen and oxygen atoms in total. The molecule has 1 aromatic carbocycles. The molecule has 0 fully saturated rings. The minimum absolute atomic E-state index is 0.0555. The second-order valence-electron chi connectivity index (χ2n) is 5.99. The molecule has 0 bridgehead atoms. The smallest absolute Gasteiger partial charge is 0.133 e. The first-order valence-corrected chi connectivity index (χ1v) is 6.97. The number of benzene rings is 1. The summed E-state index contributed by atoms with van der Waals surface area (Å²) in [5.41, 5.74) is 3.58. The second-order valence-corrected chi connectivity index (χ2v) is 6.43. The van der Waals surface area contributed by atoms with Crippen LogP contribution in [0.15, 0.2) is 24.3 Å². The first-order chi connectivity index (χ1) is 8.97. The molecule has 3 rings (SSSR count). The maximum atomic E-state index is 6.08. The second kappa shape index (κ2) is 4.27. The highest BCUT2D eigenvalue weighted by Crippen LogP contribution is 2.35. The molecule has 4 heteroatoms. The van der Waals surface area contributed by atoms with Gasteiger partial charge in [0, 0.05) is 22.5 Å². The summed E-state index contributed by atoms with van der Waals surface area (Å²) in [4.78, 5) is 0. The largest absolute Gasteiger partial charge is 0.369 e. The van der Waals surface area contributed by atoms with Gasteiger partial charge in [-0.05, 0) is 24.6 Å². The van der Waals surface area contributed by atoms with Gasteiger partial charge in [-0.2, -0.15) is 5.10 Å². The SMILES string of the molecule is CC(C)(C)c1nn(-c2cccc(Cl)c2)c2c1CCN2. The fourth-order valence-electron chi connectivity index (χ4n) is 2.57. The van der Waals surface area contributed by atoms with Gasteiger partial charge in [-0.25, -0.2) is 4.68 Å². The van der Waals surface area contributed by atoms with Gasteiger partial charge >= 0.3 is 0 Å². The van der Waals surface area contributed by atoms with Crippen molar-refractivity contribution in [2.24, 2.45) is 0 Å². The van der Waals surface area contributed by atoms with E-state index >= 15 is 0 Å². The number of fused-ring (bicyclic) bond motifs is 1. The van der Waals surface area contributed by atoms with Crippen LogP contribution in [0, 0.1) is 0 Å². The maximum Gasteiger partial charge on any atom is 0.133 e. The highest BCUT2D eigenvalue weighted by molar-refractivity contribution is 6.30. The normalized spacial score (nSPS) is 14.3. The van der Waals surface area contributed by atoms with Gasteiger partial charge in [0.2, 0.25) is 0 Å². The Morgan fingerprint density at radius 1 is 1.32 bits per heavy atom.